The van der Waals surface area contributed by atoms with Crippen LogP contribution in [-0.2, 0) is 12.8 Å². The Morgan fingerprint density at radius 2 is 1.65 bits per heavy atom. The number of nitrogens with one attached hydrogen (secondary N) is 2. The summed E-state index contributed by atoms with van der Waals surface area (Å²) in [4.78, 5) is 12.1. The second kappa shape index (κ2) is 7.71. The Labute approximate surface area is 160 Å². The first kappa shape index (κ1) is 17.4. The molecule has 3 nitrogen and oxygen atoms in total. The summed E-state index contributed by atoms with van der Waals surface area (Å²) in [5.41, 5.74) is 4.27. The normalized spacial score (nSPS) is 21.7. The van der Waals surface area contributed by atoms with Gasteiger partial charge >= 0.3 is 6.03 Å². The molecule has 26 heavy (non-hydrogen) atoms. The zero-order chi connectivity index (χ0) is 17.9. The van der Waals surface area contributed by atoms with E-state index in [-0.39, 0.29) is 12.1 Å². The molecule has 1 fully saturated rings. The number of rotatable bonds is 5. The van der Waals surface area contributed by atoms with Crippen LogP contribution in [-0.4, -0.2) is 18.6 Å². The topological polar surface area (TPSA) is 41.1 Å². The predicted molar refractivity (Wildman–Crippen MR) is 106 cm³/mol. The number of urea groups is 1. The smallest absolute Gasteiger partial charge is 0.315 e. The molecule has 0 saturated heterocycles. The molecule has 0 bridgehead atoms. The molecule has 4 rings (SSSR count). The van der Waals surface area contributed by atoms with Crippen LogP contribution in [0.3, 0.4) is 0 Å². The van der Waals surface area contributed by atoms with Gasteiger partial charge in [-0.3, -0.25) is 0 Å². The fourth-order valence-electron chi connectivity index (χ4n) is 4.22. The van der Waals surface area contributed by atoms with Gasteiger partial charge in [0.2, 0.25) is 0 Å². The molecule has 2 aliphatic rings. The molecular weight excluding hydrogens is 344 g/mol. The Morgan fingerprint density at radius 1 is 1.00 bits per heavy atom. The first-order valence-electron chi connectivity index (χ1n) is 9.54. The van der Waals surface area contributed by atoms with Gasteiger partial charge in [0.1, 0.15) is 0 Å². The van der Waals surface area contributed by atoms with Crippen LogP contribution in [0, 0.1) is 5.92 Å². The molecule has 0 unspecified atom stereocenters. The highest BCUT2D eigenvalue weighted by Gasteiger charge is 2.31. The van der Waals surface area contributed by atoms with E-state index in [2.05, 4.69) is 47.0 Å². The first-order valence-corrected chi connectivity index (χ1v) is 9.92. The molecule has 2 aromatic carbocycles. The highest BCUT2D eigenvalue weighted by Crippen LogP contribution is 2.37. The van der Waals surface area contributed by atoms with Crippen molar-refractivity contribution in [1.29, 1.82) is 0 Å². The van der Waals surface area contributed by atoms with Crippen molar-refractivity contribution in [1.82, 2.24) is 10.6 Å². The largest absolute Gasteiger partial charge is 0.338 e. The molecule has 0 radical (unpaired) electrons. The van der Waals surface area contributed by atoms with Crippen LogP contribution >= 0.6 is 11.6 Å². The molecule has 2 aromatic rings. The molecule has 2 amide bonds. The van der Waals surface area contributed by atoms with Gasteiger partial charge in [-0.1, -0.05) is 48.0 Å². The molecule has 2 N–H and O–H groups in total. The lowest BCUT2D eigenvalue weighted by molar-refractivity contribution is 0.222. The van der Waals surface area contributed by atoms with Crippen LogP contribution < -0.4 is 10.6 Å². The highest BCUT2D eigenvalue weighted by atomic mass is 35.5. The third-order valence-electron chi connectivity index (χ3n) is 5.79. The monoisotopic (exact) mass is 368 g/mol. The summed E-state index contributed by atoms with van der Waals surface area (Å²) < 4.78 is 0. The van der Waals surface area contributed by atoms with E-state index in [0.29, 0.717) is 11.8 Å². The number of hydrogen-bond donors (Lipinski definition) is 2. The molecule has 0 atom stereocenters. The van der Waals surface area contributed by atoms with Gasteiger partial charge in [0.25, 0.3) is 0 Å². The molecule has 0 aliphatic heterocycles. The first-order chi connectivity index (χ1) is 12.7. The lowest BCUT2D eigenvalue weighted by Crippen LogP contribution is -2.48. The maximum Gasteiger partial charge on any atom is 0.315 e. The molecule has 136 valence electrons. The number of carbonyl (C=O) groups is 1. The van der Waals surface area contributed by atoms with Crippen molar-refractivity contribution in [3.63, 3.8) is 0 Å². The summed E-state index contributed by atoms with van der Waals surface area (Å²) in [6.07, 6.45) is 5.34. The van der Waals surface area contributed by atoms with Crippen LogP contribution in [0.25, 0.3) is 0 Å². The van der Waals surface area contributed by atoms with Crippen molar-refractivity contribution in [3.8, 4) is 0 Å². The van der Waals surface area contributed by atoms with E-state index in [1.807, 2.05) is 12.1 Å². The summed E-state index contributed by atoms with van der Waals surface area (Å²) in [5, 5.41) is 6.89. The average molecular weight is 369 g/mol. The quantitative estimate of drug-likeness (QED) is 0.789. The SMILES string of the molecule is O=C(NCCC1Cc2ccccc2C1)NC1CC(c2ccc(Cl)cc2)C1. The van der Waals surface area contributed by atoms with E-state index in [0.717, 1.165) is 43.7 Å². The van der Waals surface area contributed by atoms with Crippen LogP contribution in [0.15, 0.2) is 48.5 Å². The van der Waals surface area contributed by atoms with Crippen LogP contribution in [0.1, 0.15) is 41.9 Å². The van der Waals surface area contributed by atoms with Crippen LogP contribution in [0.5, 0.6) is 0 Å². The van der Waals surface area contributed by atoms with Crippen molar-refractivity contribution in [2.24, 2.45) is 5.92 Å². The van der Waals surface area contributed by atoms with Crippen LogP contribution in [0.4, 0.5) is 4.79 Å². The third-order valence-corrected chi connectivity index (χ3v) is 6.04. The zero-order valence-electron chi connectivity index (χ0n) is 14.9. The maximum atomic E-state index is 12.1. The van der Waals surface area contributed by atoms with Crippen LogP contribution in [0.2, 0.25) is 5.02 Å². The Hall–Kier alpha value is -2.00. The number of carbonyl (C=O) groups excluding carboxylic acids is 1. The van der Waals surface area contributed by atoms with Crippen molar-refractivity contribution < 1.29 is 4.79 Å². The number of halogens is 1. The minimum Gasteiger partial charge on any atom is -0.338 e. The molecule has 0 heterocycles. The van der Waals surface area contributed by atoms with E-state index < -0.39 is 0 Å². The summed E-state index contributed by atoms with van der Waals surface area (Å²) in [7, 11) is 0. The fraction of sp³-hybridized carbons (Fsp3) is 0.409. The van der Waals surface area contributed by atoms with Crippen molar-refractivity contribution >= 4 is 17.6 Å². The minimum atomic E-state index is -0.0277. The molecule has 2 aliphatic carbocycles. The Bertz CT molecular complexity index is 743. The maximum absolute atomic E-state index is 12.1. The van der Waals surface area contributed by atoms with E-state index in [4.69, 9.17) is 11.6 Å². The summed E-state index contributed by atoms with van der Waals surface area (Å²) in [6, 6.07) is 17.0. The predicted octanol–water partition coefficient (Wildman–Crippen LogP) is 4.69. The van der Waals surface area contributed by atoms with Gasteiger partial charge < -0.3 is 10.6 Å². The van der Waals surface area contributed by atoms with E-state index in [1.54, 1.807) is 0 Å². The number of benzene rings is 2. The van der Waals surface area contributed by atoms with Gasteiger partial charge in [0.05, 0.1) is 0 Å². The molecule has 0 aromatic heterocycles. The van der Waals surface area contributed by atoms with Gasteiger partial charge in [-0.15, -0.1) is 0 Å². The molecule has 1 saturated carbocycles. The lowest BCUT2D eigenvalue weighted by atomic mass is 9.76. The van der Waals surface area contributed by atoms with Gasteiger partial charge in [0.15, 0.2) is 0 Å². The molecular formula is C22H25ClN2O. The van der Waals surface area contributed by atoms with Gasteiger partial charge in [-0.25, -0.2) is 4.79 Å². The summed E-state index contributed by atoms with van der Waals surface area (Å²) in [5.74, 6) is 1.19. The number of fused-ring (bicyclic) bond motifs is 1. The second-order valence-corrected chi connectivity index (χ2v) is 8.09. The zero-order valence-corrected chi connectivity index (χ0v) is 15.6. The number of amides is 2. The van der Waals surface area contributed by atoms with E-state index >= 15 is 0 Å². The standard InChI is InChI=1S/C22H25ClN2O/c23-20-7-5-16(6-8-20)19-13-21(14-19)25-22(26)24-10-9-15-11-17-3-1-2-4-18(17)12-15/h1-8,15,19,21H,9-14H2,(H2,24,25,26). The van der Waals surface area contributed by atoms with Gasteiger partial charge in [0, 0.05) is 17.6 Å². The van der Waals surface area contributed by atoms with Gasteiger partial charge in [-0.2, -0.15) is 0 Å². The number of hydrogen-bond acceptors (Lipinski definition) is 1. The van der Waals surface area contributed by atoms with Crippen molar-refractivity contribution in [3.05, 3.63) is 70.2 Å². The lowest BCUT2D eigenvalue weighted by Gasteiger charge is -2.36. The average Bonchev–Trinajstić information content (AvgIpc) is 3.01. The summed E-state index contributed by atoms with van der Waals surface area (Å²) in [6.45, 7) is 0.748. The summed E-state index contributed by atoms with van der Waals surface area (Å²) >= 11 is 5.93. The van der Waals surface area contributed by atoms with Crippen molar-refractivity contribution in [2.45, 2.75) is 44.1 Å². The van der Waals surface area contributed by atoms with E-state index in [9.17, 15) is 4.79 Å². The fourth-order valence-corrected chi connectivity index (χ4v) is 4.35. The Kier molecular flexibility index (Phi) is 5.16. The minimum absolute atomic E-state index is 0.0277. The third kappa shape index (κ3) is 4.04. The molecule has 0 spiro atoms. The Morgan fingerprint density at radius 3 is 2.31 bits per heavy atom. The van der Waals surface area contributed by atoms with Crippen molar-refractivity contribution in [2.75, 3.05) is 6.54 Å². The highest BCUT2D eigenvalue weighted by molar-refractivity contribution is 6.30. The second-order valence-electron chi connectivity index (χ2n) is 7.65. The Balaban J connectivity index is 1.13. The van der Waals surface area contributed by atoms with E-state index in [1.165, 1.54) is 16.7 Å². The molecule has 4 heteroatoms. The van der Waals surface area contributed by atoms with Gasteiger partial charge in [-0.05, 0) is 72.8 Å².